The molecule has 0 aliphatic carbocycles. The van der Waals surface area contributed by atoms with Crippen molar-refractivity contribution in [1.82, 2.24) is 5.32 Å². The third kappa shape index (κ3) is 3.07. The number of piperidine rings is 1. The number of likely N-dealkylation sites (N-methyl/N-ethyl adjacent to an activating group) is 1. The van der Waals surface area contributed by atoms with Gasteiger partial charge in [0, 0.05) is 13.6 Å². The highest BCUT2D eigenvalue weighted by molar-refractivity contribution is 6.33. The average Bonchev–Trinajstić information content (AvgIpc) is 2.46. The van der Waals surface area contributed by atoms with Crippen molar-refractivity contribution in [1.29, 1.82) is 0 Å². The van der Waals surface area contributed by atoms with Crippen molar-refractivity contribution in [2.75, 3.05) is 18.5 Å². The normalized spacial score (nSPS) is 20.6. The van der Waals surface area contributed by atoms with Crippen LogP contribution in [-0.4, -0.2) is 30.6 Å². The van der Waals surface area contributed by atoms with Crippen LogP contribution in [0, 0.1) is 0 Å². The molecule has 1 unspecified atom stereocenters. The maximum Gasteiger partial charge on any atom is 0.242 e. The number of halogens is 1. The van der Waals surface area contributed by atoms with Crippen LogP contribution in [0.1, 0.15) is 37.9 Å². The SMILES string of the molecule is CNC(=O)C1CCCCN1c1ccc([C@@H](C)O)cc1Cl. The van der Waals surface area contributed by atoms with E-state index in [1.165, 1.54) is 0 Å². The molecule has 1 saturated heterocycles. The molecule has 0 bridgehead atoms. The summed E-state index contributed by atoms with van der Waals surface area (Å²) in [7, 11) is 1.66. The maximum atomic E-state index is 12.0. The van der Waals surface area contributed by atoms with Crippen molar-refractivity contribution in [3.63, 3.8) is 0 Å². The number of nitrogens with zero attached hydrogens (tertiary/aromatic N) is 1. The van der Waals surface area contributed by atoms with E-state index in [1.807, 2.05) is 12.1 Å². The standard InChI is InChI=1S/C15H21ClN2O2/c1-10(19)11-6-7-13(12(16)9-11)18-8-4-3-5-14(18)15(20)17-2/h6-7,9-10,14,19H,3-5,8H2,1-2H3,(H,17,20)/t10-,14?/m1/s1. The van der Waals surface area contributed by atoms with E-state index in [-0.39, 0.29) is 11.9 Å². The van der Waals surface area contributed by atoms with Crippen LogP contribution in [0.3, 0.4) is 0 Å². The lowest BCUT2D eigenvalue weighted by molar-refractivity contribution is -0.122. The number of nitrogens with one attached hydrogen (secondary N) is 1. The Labute approximate surface area is 124 Å². The molecule has 1 amide bonds. The average molecular weight is 297 g/mol. The van der Waals surface area contributed by atoms with Gasteiger partial charge in [-0.2, -0.15) is 0 Å². The Hall–Kier alpha value is -1.26. The lowest BCUT2D eigenvalue weighted by Crippen LogP contribution is -2.49. The second-order valence-corrected chi connectivity index (χ2v) is 5.61. The van der Waals surface area contributed by atoms with Crippen molar-refractivity contribution in [2.45, 2.75) is 38.3 Å². The summed E-state index contributed by atoms with van der Waals surface area (Å²) in [5.41, 5.74) is 1.65. The summed E-state index contributed by atoms with van der Waals surface area (Å²) in [6, 6.07) is 5.37. The van der Waals surface area contributed by atoms with Crippen LogP contribution in [0.15, 0.2) is 18.2 Å². The molecule has 20 heavy (non-hydrogen) atoms. The second-order valence-electron chi connectivity index (χ2n) is 5.21. The van der Waals surface area contributed by atoms with Gasteiger partial charge in [0.1, 0.15) is 6.04 Å². The number of aliphatic hydroxyl groups is 1. The first kappa shape index (κ1) is 15.1. The molecular formula is C15H21ClN2O2. The number of carbonyl (C=O) groups excluding carboxylic acids is 1. The van der Waals surface area contributed by atoms with E-state index in [9.17, 15) is 9.90 Å². The first-order valence-corrected chi connectivity index (χ1v) is 7.38. The van der Waals surface area contributed by atoms with E-state index < -0.39 is 6.10 Å². The van der Waals surface area contributed by atoms with Crippen LogP contribution < -0.4 is 10.2 Å². The first-order valence-electron chi connectivity index (χ1n) is 7.00. The Bertz CT molecular complexity index is 491. The molecule has 2 rings (SSSR count). The third-order valence-corrected chi connectivity index (χ3v) is 4.12. The molecule has 1 aromatic carbocycles. The van der Waals surface area contributed by atoms with E-state index in [0.29, 0.717) is 5.02 Å². The summed E-state index contributed by atoms with van der Waals surface area (Å²) in [6.45, 7) is 2.53. The highest BCUT2D eigenvalue weighted by Crippen LogP contribution is 2.33. The Morgan fingerprint density at radius 3 is 2.85 bits per heavy atom. The summed E-state index contributed by atoms with van der Waals surface area (Å²) in [4.78, 5) is 14.1. The predicted molar refractivity (Wildman–Crippen MR) is 81.1 cm³/mol. The zero-order valence-corrected chi connectivity index (χ0v) is 12.7. The van der Waals surface area contributed by atoms with E-state index >= 15 is 0 Å². The number of aliphatic hydroxyl groups excluding tert-OH is 1. The highest BCUT2D eigenvalue weighted by atomic mass is 35.5. The number of benzene rings is 1. The number of anilines is 1. The van der Waals surface area contributed by atoms with Gasteiger partial charge < -0.3 is 15.3 Å². The summed E-state index contributed by atoms with van der Waals surface area (Å²) >= 11 is 6.34. The van der Waals surface area contributed by atoms with Crippen LogP contribution >= 0.6 is 11.6 Å². The van der Waals surface area contributed by atoms with Gasteiger partial charge in [0.25, 0.3) is 0 Å². The van der Waals surface area contributed by atoms with E-state index in [4.69, 9.17) is 11.6 Å². The molecule has 5 heteroatoms. The lowest BCUT2D eigenvalue weighted by Gasteiger charge is -2.36. The fourth-order valence-corrected chi connectivity index (χ4v) is 2.97. The molecule has 0 spiro atoms. The predicted octanol–water partition coefficient (Wildman–Crippen LogP) is 2.50. The van der Waals surface area contributed by atoms with Crippen LogP contribution in [0.25, 0.3) is 0 Å². The van der Waals surface area contributed by atoms with Gasteiger partial charge >= 0.3 is 0 Å². The molecule has 110 valence electrons. The molecule has 1 aliphatic rings. The summed E-state index contributed by atoms with van der Waals surface area (Å²) in [5.74, 6) is 0.0281. The minimum atomic E-state index is -0.544. The largest absolute Gasteiger partial charge is 0.389 e. The fourth-order valence-electron chi connectivity index (χ4n) is 2.68. The Balaban J connectivity index is 2.30. The molecule has 1 aliphatic heterocycles. The maximum absolute atomic E-state index is 12.0. The number of carbonyl (C=O) groups is 1. The van der Waals surface area contributed by atoms with E-state index in [1.54, 1.807) is 20.0 Å². The van der Waals surface area contributed by atoms with Crippen molar-refractivity contribution in [2.24, 2.45) is 0 Å². The number of amides is 1. The second kappa shape index (κ2) is 6.46. The Kier molecular flexibility index (Phi) is 4.89. The Morgan fingerprint density at radius 1 is 1.50 bits per heavy atom. The number of rotatable bonds is 3. The molecular weight excluding hydrogens is 276 g/mol. The van der Waals surface area contributed by atoms with Crippen LogP contribution in [0.2, 0.25) is 5.02 Å². The van der Waals surface area contributed by atoms with Gasteiger partial charge in [0.15, 0.2) is 0 Å². The van der Waals surface area contributed by atoms with Gasteiger partial charge in [-0.25, -0.2) is 0 Å². The monoisotopic (exact) mass is 296 g/mol. The van der Waals surface area contributed by atoms with Crippen molar-refractivity contribution < 1.29 is 9.90 Å². The lowest BCUT2D eigenvalue weighted by atomic mass is 10.00. The zero-order valence-electron chi connectivity index (χ0n) is 11.9. The summed E-state index contributed by atoms with van der Waals surface area (Å²) in [5, 5.41) is 12.9. The molecule has 2 atom stereocenters. The number of hydrogen-bond acceptors (Lipinski definition) is 3. The van der Waals surface area contributed by atoms with Gasteiger partial charge in [0.05, 0.1) is 16.8 Å². The molecule has 0 radical (unpaired) electrons. The zero-order chi connectivity index (χ0) is 14.7. The fraction of sp³-hybridized carbons (Fsp3) is 0.533. The van der Waals surface area contributed by atoms with E-state index in [2.05, 4.69) is 10.2 Å². The topological polar surface area (TPSA) is 52.6 Å². The van der Waals surface area contributed by atoms with Gasteiger partial charge in [-0.3, -0.25) is 4.79 Å². The summed E-state index contributed by atoms with van der Waals surface area (Å²) < 4.78 is 0. The van der Waals surface area contributed by atoms with Crippen LogP contribution in [-0.2, 0) is 4.79 Å². The molecule has 0 saturated carbocycles. The smallest absolute Gasteiger partial charge is 0.242 e. The molecule has 1 aromatic rings. The quantitative estimate of drug-likeness (QED) is 0.901. The molecule has 1 fully saturated rings. The first-order chi connectivity index (χ1) is 9.54. The summed E-state index contributed by atoms with van der Waals surface area (Å²) in [6.07, 6.45) is 2.41. The van der Waals surface area contributed by atoms with Crippen LogP contribution in [0.4, 0.5) is 5.69 Å². The van der Waals surface area contributed by atoms with Gasteiger partial charge in [0.2, 0.25) is 5.91 Å². The third-order valence-electron chi connectivity index (χ3n) is 3.82. The van der Waals surface area contributed by atoms with Crippen molar-refractivity contribution in [3.05, 3.63) is 28.8 Å². The van der Waals surface area contributed by atoms with Gasteiger partial charge in [-0.15, -0.1) is 0 Å². The van der Waals surface area contributed by atoms with Gasteiger partial charge in [-0.05, 0) is 43.9 Å². The van der Waals surface area contributed by atoms with Crippen molar-refractivity contribution >= 4 is 23.2 Å². The minimum Gasteiger partial charge on any atom is -0.389 e. The highest BCUT2D eigenvalue weighted by Gasteiger charge is 2.29. The van der Waals surface area contributed by atoms with E-state index in [0.717, 1.165) is 37.1 Å². The van der Waals surface area contributed by atoms with Crippen LogP contribution in [0.5, 0.6) is 0 Å². The molecule has 4 nitrogen and oxygen atoms in total. The number of hydrogen-bond donors (Lipinski definition) is 2. The minimum absolute atomic E-state index is 0.0281. The Morgan fingerprint density at radius 2 is 2.25 bits per heavy atom. The molecule has 1 heterocycles. The molecule has 2 N–H and O–H groups in total. The van der Waals surface area contributed by atoms with Crippen molar-refractivity contribution in [3.8, 4) is 0 Å². The van der Waals surface area contributed by atoms with Gasteiger partial charge in [-0.1, -0.05) is 17.7 Å². The molecule has 0 aromatic heterocycles.